The molecule has 1 rings (SSSR count). The second-order valence-corrected chi connectivity index (χ2v) is 4.11. The zero-order valence-electron chi connectivity index (χ0n) is 9.53. The number of nitrogens with two attached hydrogens (primary N) is 1. The maximum Gasteiger partial charge on any atom is 0.240 e. The molecule has 0 radical (unpaired) electrons. The summed E-state index contributed by atoms with van der Waals surface area (Å²) >= 11 is 0. The van der Waals surface area contributed by atoms with Gasteiger partial charge in [0.1, 0.15) is 6.04 Å². The summed E-state index contributed by atoms with van der Waals surface area (Å²) in [6.45, 7) is 4.69. The smallest absolute Gasteiger partial charge is 0.240 e. The van der Waals surface area contributed by atoms with E-state index in [-0.39, 0.29) is 23.8 Å². The van der Waals surface area contributed by atoms with Gasteiger partial charge in [-0.2, -0.15) is 0 Å². The molecule has 1 aliphatic heterocycles. The van der Waals surface area contributed by atoms with Gasteiger partial charge in [-0.15, -0.1) is 0 Å². The number of nitrogens with zero attached hydrogens (tertiary/aromatic N) is 1. The van der Waals surface area contributed by atoms with Gasteiger partial charge in [-0.3, -0.25) is 9.59 Å². The average molecular weight is 212 g/mol. The van der Waals surface area contributed by atoms with Gasteiger partial charge in [0.25, 0.3) is 0 Å². The third-order valence-corrected chi connectivity index (χ3v) is 3.20. The van der Waals surface area contributed by atoms with Crippen molar-refractivity contribution in [1.29, 1.82) is 0 Å². The van der Waals surface area contributed by atoms with E-state index in [2.05, 4.69) is 0 Å². The molecule has 0 aromatic heterocycles. The van der Waals surface area contributed by atoms with Gasteiger partial charge in [0.2, 0.25) is 11.8 Å². The highest BCUT2D eigenvalue weighted by molar-refractivity contribution is 5.88. The van der Waals surface area contributed by atoms with Crippen LogP contribution in [0.5, 0.6) is 0 Å². The summed E-state index contributed by atoms with van der Waals surface area (Å²) in [4.78, 5) is 24.9. The lowest BCUT2D eigenvalue weighted by Crippen LogP contribution is -2.45. The van der Waals surface area contributed by atoms with Crippen LogP contribution in [0.4, 0.5) is 0 Å². The number of hydrogen-bond acceptors (Lipinski definition) is 2. The number of likely N-dealkylation sites (tertiary alicyclic amines) is 1. The fourth-order valence-corrected chi connectivity index (χ4v) is 2.20. The van der Waals surface area contributed by atoms with Crippen LogP contribution >= 0.6 is 0 Å². The van der Waals surface area contributed by atoms with Crippen molar-refractivity contribution in [3.8, 4) is 0 Å². The molecule has 2 amide bonds. The molecular formula is C11H20N2O2. The Balaban J connectivity index is 2.69. The monoisotopic (exact) mass is 212 g/mol. The van der Waals surface area contributed by atoms with Crippen LogP contribution in [-0.4, -0.2) is 29.3 Å². The molecule has 0 aromatic rings. The maximum absolute atomic E-state index is 12.0. The van der Waals surface area contributed by atoms with Crippen molar-refractivity contribution < 1.29 is 9.59 Å². The van der Waals surface area contributed by atoms with Crippen LogP contribution in [0.25, 0.3) is 0 Å². The van der Waals surface area contributed by atoms with Crippen LogP contribution in [0.2, 0.25) is 0 Å². The third kappa shape index (κ3) is 2.49. The average Bonchev–Trinajstić information content (AvgIpc) is 2.67. The third-order valence-electron chi connectivity index (χ3n) is 3.20. The highest BCUT2D eigenvalue weighted by atomic mass is 16.2. The first-order valence-corrected chi connectivity index (χ1v) is 5.71. The van der Waals surface area contributed by atoms with Gasteiger partial charge in [0.15, 0.2) is 0 Å². The first kappa shape index (κ1) is 12.0. The number of primary amides is 1. The van der Waals surface area contributed by atoms with Crippen molar-refractivity contribution in [3.05, 3.63) is 0 Å². The Bertz CT molecular complexity index is 249. The second-order valence-electron chi connectivity index (χ2n) is 4.11. The first-order chi connectivity index (χ1) is 7.11. The Morgan fingerprint density at radius 2 is 2.00 bits per heavy atom. The van der Waals surface area contributed by atoms with Crippen LogP contribution in [0, 0.1) is 5.92 Å². The van der Waals surface area contributed by atoms with Crippen molar-refractivity contribution >= 4 is 11.8 Å². The minimum Gasteiger partial charge on any atom is -0.368 e. The highest BCUT2D eigenvalue weighted by Crippen LogP contribution is 2.21. The fourth-order valence-electron chi connectivity index (χ4n) is 2.20. The standard InChI is InChI=1S/C11H20N2O2/c1-3-8(4-2)11(15)13-7-5-6-9(13)10(12)14/h8-9H,3-7H2,1-2H3,(H2,12,14). The quantitative estimate of drug-likeness (QED) is 0.752. The number of carbonyl (C=O) groups is 2. The fraction of sp³-hybridized carbons (Fsp3) is 0.818. The van der Waals surface area contributed by atoms with Gasteiger partial charge in [0, 0.05) is 12.5 Å². The Hall–Kier alpha value is -1.06. The summed E-state index contributed by atoms with van der Waals surface area (Å²) in [6, 6.07) is -0.363. The Morgan fingerprint density at radius 3 is 2.47 bits per heavy atom. The molecule has 0 saturated carbocycles. The summed E-state index contributed by atoms with van der Waals surface area (Å²) in [5.41, 5.74) is 5.28. The van der Waals surface area contributed by atoms with Crippen molar-refractivity contribution in [3.63, 3.8) is 0 Å². The molecule has 4 nitrogen and oxygen atoms in total. The van der Waals surface area contributed by atoms with E-state index >= 15 is 0 Å². The molecule has 1 saturated heterocycles. The van der Waals surface area contributed by atoms with E-state index in [0.29, 0.717) is 6.54 Å². The van der Waals surface area contributed by atoms with E-state index in [4.69, 9.17) is 5.73 Å². The Labute approximate surface area is 90.8 Å². The number of amides is 2. The van der Waals surface area contributed by atoms with E-state index in [1.165, 1.54) is 0 Å². The van der Waals surface area contributed by atoms with E-state index in [1.54, 1.807) is 4.90 Å². The van der Waals surface area contributed by atoms with Gasteiger partial charge in [-0.25, -0.2) is 0 Å². The Morgan fingerprint density at radius 1 is 1.40 bits per heavy atom. The predicted octanol–water partition coefficient (Wildman–Crippen LogP) is 0.899. The van der Waals surface area contributed by atoms with Gasteiger partial charge >= 0.3 is 0 Å². The molecule has 0 aromatic carbocycles. The summed E-state index contributed by atoms with van der Waals surface area (Å²) in [6.07, 6.45) is 3.27. The first-order valence-electron chi connectivity index (χ1n) is 5.71. The number of carbonyl (C=O) groups excluding carboxylic acids is 2. The van der Waals surface area contributed by atoms with Gasteiger partial charge in [0.05, 0.1) is 0 Å². The number of hydrogen-bond donors (Lipinski definition) is 1. The molecule has 15 heavy (non-hydrogen) atoms. The SMILES string of the molecule is CCC(CC)C(=O)N1CCCC1C(N)=O. The van der Waals surface area contributed by atoms with Crippen LogP contribution < -0.4 is 5.73 Å². The molecule has 1 aliphatic rings. The molecule has 0 aliphatic carbocycles. The zero-order valence-corrected chi connectivity index (χ0v) is 9.53. The van der Waals surface area contributed by atoms with Gasteiger partial charge in [-0.1, -0.05) is 13.8 Å². The summed E-state index contributed by atoms with van der Waals surface area (Å²) in [5, 5.41) is 0. The zero-order chi connectivity index (χ0) is 11.4. The van der Waals surface area contributed by atoms with Crippen LogP contribution in [0.3, 0.4) is 0 Å². The van der Waals surface area contributed by atoms with Crippen molar-refractivity contribution in [2.45, 2.75) is 45.6 Å². The largest absolute Gasteiger partial charge is 0.368 e. The maximum atomic E-state index is 12.0. The van der Waals surface area contributed by atoms with E-state index in [9.17, 15) is 9.59 Å². The highest BCUT2D eigenvalue weighted by Gasteiger charge is 2.34. The van der Waals surface area contributed by atoms with Crippen LogP contribution in [0.15, 0.2) is 0 Å². The van der Waals surface area contributed by atoms with Crippen molar-refractivity contribution in [2.75, 3.05) is 6.54 Å². The molecule has 4 heteroatoms. The lowest BCUT2D eigenvalue weighted by Gasteiger charge is -2.26. The predicted molar refractivity (Wildman–Crippen MR) is 58.0 cm³/mol. The molecule has 0 spiro atoms. The van der Waals surface area contributed by atoms with Gasteiger partial charge < -0.3 is 10.6 Å². The summed E-state index contributed by atoms with van der Waals surface area (Å²) in [7, 11) is 0. The van der Waals surface area contributed by atoms with Crippen LogP contribution in [0.1, 0.15) is 39.5 Å². The summed E-state index contributed by atoms with van der Waals surface area (Å²) < 4.78 is 0. The van der Waals surface area contributed by atoms with E-state index in [0.717, 1.165) is 25.7 Å². The molecule has 86 valence electrons. The molecule has 1 atom stereocenters. The molecule has 2 N–H and O–H groups in total. The Kier molecular flexibility index (Phi) is 4.12. The topological polar surface area (TPSA) is 63.4 Å². The second kappa shape index (κ2) is 5.14. The summed E-state index contributed by atoms with van der Waals surface area (Å²) in [5.74, 6) is -0.224. The molecular weight excluding hydrogens is 192 g/mol. The lowest BCUT2D eigenvalue weighted by molar-refractivity contribution is -0.140. The minimum atomic E-state index is -0.369. The normalized spacial score (nSPS) is 21.0. The minimum absolute atomic E-state index is 0.0462. The molecule has 1 heterocycles. The molecule has 1 fully saturated rings. The lowest BCUT2D eigenvalue weighted by atomic mass is 10.0. The van der Waals surface area contributed by atoms with Crippen molar-refractivity contribution in [1.82, 2.24) is 4.90 Å². The van der Waals surface area contributed by atoms with E-state index in [1.807, 2.05) is 13.8 Å². The van der Waals surface area contributed by atoms with Gasteiger partial charge in [-0.05, 0) is 25.7 Å². The molecule has 0 bridgehead atoms. The molecule has 1 unspecified atom stereocenters. The van der Waals surface area contributed by atoms with Crippen LogP contribution in [-0.2, 0) is 9.59 Å². The van der Waals surface area contributed by atoms with E-state index < -0.39 is 0 Å². The van der Waals surface area contributed by atoms with Crippen molar-refractivity contribution in [2.24, 2.45) is 11.7 Å². The number of rotatable bonds is 4.